The highest BCUT2D eigenvalue weighted by Gasteiger charge is 2.23. The summed E-state index contributed by atoms with van der Waals surface area (Å²) in [5.41, 5.74) is 1.09. The van der Waals surface area contributed by atoms with Crippen molar-refractivity contribution in [3.8, 4) is 0 Å². The first kappa shape index (κ1) is 13.2. The maximum absolute atomic E-state index is 5.56. The summed E-state index contributed by atoms with van der Waals surface area (Å²) in [7, 11) is 0. The third-order valence-corrected chi connectivity index (χ3v) is 3.22. The van der Waals surface area contributed by atoms with Crippen molar-refractivity contribution in [2.24, 2.45) is 0 Å². The lowest BCUT2D eigenvalue weighted by Crippen LogP contribution is -2.51. The largest absolute Gasteiger partial charge is 0.377 e. The van der Waals surface area contributed by atoms with Crippen molar-refractivity contribution in [3.05, 3.63) is 18.1 Å². The number of nitrogens with one attached hydrogen (secondary N) is 1. The first-order valence-electron chi connectivity index (χ1n) is 6.71. The van der Waals surface area contributed by atoms with Gasteiger partial charge >= 0.3 is 0 Å². The Bertz CT molecular complexity index is 372. The first-order chi connectivity index (χ1) is 8.85. The highest BCUT2D eigenvalue weighted by Crippen LogP contribution is 2.17. The molecular formula is C13H22N4O. The third kappa shape index (κ3) is 3.17. The van der Waals surface area contributed by atoms with Crippen LogP contribution >= 0.6 is 0 Å². The van der Waals surface area contributed by atoms with Crippen LogP contribution in [0, 0.1) is 0 Å². The molecule has 100 valence electrons. The summed E-state index contributed by atoms with van der Waals surface area (Å²) in [5.74, 6) is 1.02. The molecule has 5 heteroatoms. The van der Waals surface area contributed by atoms with Crippen LogP contribution in [-0.4, -0.2) is 48.9 Å². The fourth-order valence-corrected chi connectivity index (χ4v) is 2.17. The minimum Gasteiger partial charge on any atom is -0.377 e. The summed E-state index contributed by atoms with van der Waals surface area (Å²) in [6.07, 6.45) is 2.60. The summed E-state index contributed by atoms with van der Waals surface area (Å²) in [6.45, 7) is 8.58. The molecule has 18 heavy (non-hydrogen) atoms. The van der Waals surface area contributed by atoms with Gasteiger partial charge in [-0.25, -0.2) is 9.97 Å². The summed E-state index contributed by atoms with van der Waals surface area (Å²) < 4.78 is 5.56. The fourth-order valence-electron chi connectivity index (χ4n) is 2.17. The van der Waals surface area contributed by atoms with Crippen LogP contribution in [0.4, 0.5) is 5.82 Å². The van der Waals surface area contributed by atoms with Gasteiger partial charge in [0.1, 0.15) is 12.1 Å². The molecule has 1 aliphatic rings. The smallest absolute Gasteiger partial charge is 0.132 e. The number of likely N-dealkylation sites (N-methyl/N-ethyl adjacent to an activating group) is 1. The molecule has 1 fully saturated rings. The van der Waals surface area contributed by atoms with Gasteiger partial charge in [-0.15, -0.1) is 0 Å². The molecule has 1 aromatic heterocycles. The lowest BCUT2D eigenvalue weighted by molar-refractivity contribution is 0.0935. The minimum atomic E-state index is 0.360. The highest BCUT2D eigenvalue weighted by molar-refractivity contribution is 5.41. The van der Waals surface area contributed by atoms with E-state index >= 15 is 0 Å². The molecule has 1 N–H and O–H groups in total. The van der Waals surface area contributed by atoms with Crippen LogP contribution in [0.25, 0.3) is 0 Å². The van der Waals surface area contributed by atoms with E-state index in [1.54, 1.807) is 6.33 Å². The Labute approximate surface area is 109 Å². The summed E-state index contributed by atoms with van der Waals surface area (Å²) in [5, 5.41) is 3.38. The monoisotopic (exact) mass is 250 g/mol. The topological polar surface area (TPSA) is 50.3 Å². The van der Waals surface area contributed by atoms with Crippen molar-refractivity contribution >= 4 is 5.82 Å². The Morgan fingerprint density at radius 1 is 1.44 bits per heavy atom. The Kier molecular flexibility index (Phi) is 4.90. The van der Waals surface area contributed by atoms with Crippen molar-refractivity contribution in [1.82, 2.24) is 15.3 Å². The Morgan fingerprint density at radius 2 is 2.33 bits per heavy atom. The van der Waals surface area contributed by atoms with E-state index in [0.29, 0.717) is 6.04 Å². The van der Waals surface area contributed by atoms with Gasteiger partial charge in [-0.05, 0) is 13.0 Å². The first-order valence-corrected chi connectivity index (χ1v) is 6.71. The van der Waals surface area contributed by atoms with Gasteiger partial charge in [0.05, 0.1) is 19.3 Å². The van der Waals surface area contributed by atoms with Crippen LogP contribution < -0.4 is 10.2 Å². The lowest BCUT2D eigenvalue weighted by atomic mass is 10.2. The zero-order valence-corrected chi connectivity index (χ0v) is 11.2. The Morgan fingerprint density at radius 3 is 3.11 bits per heavy atom. The fraction of sp³-hybridized carbons (Fsp3) is 0.692. The molecule has 1 saturated heterocycles. The molecule has 0 aromatic carbocycles. The standard InChI is InChI=1S/C13H22N4O/c1-3-11-7-13(16-10-15-11)17-5-6-18-9-12(17)8-14-4-2/h7,10,12,14H,3-6,8-9H2,1-2H3. The van der Waals surface area contributed by atoms with Crippen LogP contribution in [0.3, 0.4) is 0 Å². The van der Waals surface area contributed by atoms with Crippen molar-refractivity contribution < 1.29 is 4.74 Å². The van der Waals surface area contributed by atoms with Crippen molar-refractivity contribution in [3.63, 3.8) is 0 Å². The molecule has 0 amide bonds. The molecular weight excluding hydrogens is 228 g/mol. The second-order valence-corrected chi connectivity index (χ2v) is 4.45. The number of anilines is 1. The van der Waals surface area contributed by atoms with Gasteiger partial charge in [0.25, 0.3) is 0 Å². The zero-order valence-electron chi connectivity index (χ0n) is 11.2. The van der Waals surface area contributed by atoms with Crippen LogP contribution in [0.1, 0.15) is 19.5 Å². The molecule has 1 aromatic rings. The number of aryl methyl sites for hydroxylation is 1. The molecule has 1 aliphatic heterocycles. The maximum atomic E-state index is 5.56. The van der Waals surface area contributed by atoms with E-state index in [2.05, 4.69) is 40.1 Å². The second kappa shape index (κ2) is 6.66. The quantitative estimate of drug-likeness (QED) is 0.840. The lowest BCUT2D eigenvalue weighted by Gasteiger charge is -2.36. The molecule has 0 radical (unpaired) electrons. The molecule has 0 spiro atoms. The van der Waals surface area contributed by atoms with E-state index in [1.807, 2.05) is 0 Å². The van der Waals surface area contributed by atoms with Crippen LogP contribution in [0.15, 0.2) is 12.4 Å². The molecule has 1 unspecified atom stereocenters. The molecule has 1 atom stereocenters. The maximum Gasteiger partial charge on any atom is 0.132 e. The van der Waals surface area contributed by atoms with E-state index in [4.69, 9.17) is 4.74 Å². The molecule has 5 nitrogen and oxygen atoms in total. The van der Waals surface area contributed by atoms with Crippen LogP contribution in [-0.2, 0) is 11.2 Å². The van der Waals surface area contributed by atoms with E-state index < -0.39 is 0 Å². The zero-order chi connectivity index (χ0) is 12.8. The van der Waals surface area contributed by atoms with Crippen molar-refractivity contribution in [2.75, 3.05) is 37.7 Å². The van der Waals surface area contributed by atoms with Gasteiger partial charge in [0.2, 0.25) is 0 Å². The molecule has 0 aliphatic carbocycles. The second-order valence-electron chi connectivity index (χ2n) is 4.45. The van der Waals surface area contributed by atoms with Gasteiger partial charge in [-0.2, -0.15) is 0 Å². The van der Waals surface area contributed by atoms with Gasteiger partial charge in [-0.3, -0.25) is 0 Å². The number of rotatable bonds is 5. The van der Waals surface area contributed by atoms with Gasteiger partial charge in [0, 0.05) is 24.8 Å². The van der Waals surface area contributed by atoms with Crippen molar-refractivity contribution in [2.45, 2.75) is 26.3 Å². The third-order valence-electron chi connectivity index (χ3n) is 3.22. The Balaban J connectivity index is 2.11. The van der Waals surface area contributed by atoms with Gasteiger partial charge in [-0.1, -0.05) is 13.8 Å². The van der Waals surface area contributed by atoms with E-state index in [0.717, 1.165) is 50.8 Å². The summed E-state index contributed by atoms with van der Waals surface area (Å²) >= 11 is 0. The normalized spacial score (nSPS) is 20.1. The number of ether oxygens (including phenoxy) is 1. The minimum absolute atomic E-state index is 0.360. The average Bonchev–Trinajstić information content (AvgIpc) is 2.45. The highest BCUT2D eigenvalue weighted by atomic mass is 16.5. The van der Waals surface area contributed by atoms with E-state index in [-0.39, 0.29) is 0 Å². The molecule has 0 bridgehead atoms. The van der Waals surface area contributed by atoms with Gasteiger partial charge in [0.15, 0.2) is 0 Å². The number of nitrogens with zero attached hydrogens (tertiary/aromatic N) is 3. The average molecular weight is 250 g/mol. The summed E-state index contributed by atoms with van der Waals surface area (Å²) in [6, 6.07) is 2.45. The molecule has 0 saturated carbocycles. The van der Waals surface area contributed by atoms with E-state index in [9.17, 15) is 0 Å². The summed E-state index contributed by atoms with van der Waals surface area (Å²) in [4.78, 5) is 11.0. The van der Waals surface area contributed by atoms with Gasteiger partial charge < -0.3 is 15.0 Å². The number of hydrogen-bond donors (Lipinski definition) is 1. The molecule has 2 heterocycles. The Hall–Kier alpha value is -1.20. The predicted molar refractivity (Wildman–Crippen MR) is 71.9 cm³/mol. The number of aromatic nitrogens is 2. The van der Waals surface area contributed by atoms with Crippen LogP contribution in [0.5, 0.6) is 0 Å². The SMILES string of the molecule is CCNCC1COCCN1c1cc(CC)ncn1. The van der Waals surface area contributed by atoms with Crippen molar-refractivity contribution in [1.29, 1.82) is 0 Å². The number of morpholine rings is 1. The van der Waals surface area contributed by atoms with Crippen LogP contribution in [0.2, 0.25) is 0 Å². The number of hydrogen-bond acceptors (Lipinski definition) is 5. The van der Waals surface area contributed by atoms with E-state index in [1.165, 1.54) is 0 Å². The predicted octanol–water partition coefficient (Wildman–Crippen LogP) is 0.854. The molecule has 2 rings (SSSR count).